The first-order valence-electron chi connectivity index (χ1n) is 10.8. The minimum Gasteiger partial charge on any atom is -0.495 e. The van der Waals surface area contributed by atoms with Crippen LogP contribution in [0.4, 0.5) is 33.9 Å². The molecule has 36 heavy (non-hydrogen) atoms. The summed E-state index contributed by atoms with van der Waals surface area (Å²) in [7, 11) is 5.11. The number of urea groups is 1. The van der Waals surface area contributed by atoms with Crippen molar-refractivity contribution in [3.63, 3.8) is 0 Å². The summed E-state index contributed by atoms with van der Waals surface area (Å²) in [6.07, 6.45) is 0.681. The number of ether oxygens (including phenoxy) is 1. The Balaban J connectivity index is 1.45. The van der Waals surface area contributed by atoms with E-state index in [1.807, 2.05) is 44.4 Å². The summed E-state index contributed by atoms with van der Waals surface area (Å²) < 4.78 is 5.22. The smallest absolute Gasteiger partial charge is 0.316 e. The molecular weight excluding hydrogens is 464 g/mol. The van der Waals surface area contributed by atoms with Crippen LogP contribution in [-0.4, -0.2) is 62.4 Å². The summed E-state index contributed by atoms with van der Waals surface area (Å²) in [5.41, 5.74) is 8.70. The highest BCUT2D eigenvalue weighted by atomic mass is 16.5. The zero-order chi connectivity index (χ0) is 25.7. The number of aromatic amines is 1. The van der Waals surface area contributed by atoms with Crippen molar-refractivity contribution in [2.24, 2.45) is 5.73 Å². The van der Waals surface area contributed by atoms with Gasteiger partial charge in [0.25, 0.3) is 0 Å². The standard InChI is InChI=1S/C23H26N10O3/c1-33(2)20(34)14-6-4-13(5-7-14)16-11-19(32-31-16)29-23-26-12-25-22(30-23)27-15-8-9-18(36-3)17(10-15)28-21(24)35/h4-12,20,34H,1-3H3,(H3,24,28,35)(H3,25,26,27,29,30,31,32). The van der Waals surface area contributed by atoms with Crippen molar-refractivity contribution in [2.75, 3.05) is 37.2 Å². The van der Waals surface area contributed by atoms with E-state index in [-0.39, 0.29) is 11.9 Å². The van der Waals surface area contributed by atoms with Crippen LogP contribution in [0.25, 0.3) is 11.3 Å². The molecule has 0 saturated heterocycles. The number of methoxy groups -OCH3 is 1. The van der Waals surface area contributed by atoms with Crippen molar-refractivity contribution in [3.05, 3.63) is 60.4 Å². The minimum atomic E-state index is -0.711. The maximum Gasteiger partial charge on any atom is 0.316 e. The quantitative estimate of drug-likeness (QED) is 0.191. The SMILES string of the molecule is COc1ccc(Nc2ncnc(Nc3cc(-c4ccc(C(O)N(C)C)cc4)[nH]n3)n2)cc1NC(N)=O. The fraction of sp³-hybridized carbons (Fsp3) is 0.174. The summed E-state index contributed by atoms with van der Waals surface area (Å²) in [5, 5.41) is 26.0. The third-order valence-corrected chi connectivity index (χ3v) is 5.11. The molecule has 0 radical (unpaired) electrons. The Morgan fingerprint density at radius 2 is 1.81 bits per heavy atom. The molecule has 2 heterocycles. The van der Waals surface area contributed by atoms with E-state index in [0.717, 1.165) is 16.8 Å². The second-order valence-corrected chi connectivity index (χ2v) is 7.91. The van der Waals surface area contributed by atoms with Gasteiger partial charge in [0.05, 0.1) is 18.5 Å². The van der Waals surface area contributed by atoms with Crippen molar-refractivity contribution in [3.8, 4) is 17.0 Å². The molecule has 186 valence electrons. The van der Waals surface area contributed by atoms with Crippen LogP contribution in [0.3, 0.4) is 0 Å². The number of primary amides is 1. The van der Waals surface area contributed by atoms with Gasteiger partial charge in [0, 0.05) is 11.8 Å². The molecule has 4 aromatic rings. The van der Waals surface area contributed by atoms with Gasteiger partial charge >= 0.3 is 6.03 Å². The van der Waals surface area contributed by atoms with Gasteiger partial charge in [-0.3, -0.25) is 10.00 Å². The maximum atomic E-state index is 11.3. The number of aliphatic hydroxyl groups excluding tert-OH is 1. The summed E-state index contributed by atoms with van der Waals surface area (Å²) >= 11 is 0. The van der Waals surface area contributed by atoms with E-state index in [1.165, 1.54) is 13.4 Å². The molecule has 0 fully saturated rings. The lowest BCUT2D eigenvalue weighted by atomic mass is 10.1. The molecule has 1 atom stereocenters. The lowest BCUT2D eigenvalue weighted by molar-refractivity contribution is 0.0395. The largest absolute Gasteiger partial charge is 0.495 e. The third kappa shape index (κ3) is 5.84. The fourth-order valence-electron chi connectivity index (χ4n) is 3.34. The van der Waals surface area contributed by atoms with Crippen LogP contribution >= 0.6 is 0 Å². The van der Waals surface area contributed by atoms with Crippen LogP contribution in [-0.2, 0) is 0 Å². The molecule has 0 saturated carbocycles. The summed E-state index contributed by atoms with van der Waals surface area (Å²) in [5.74, 6) is 1.51. The number of carbonyl (C=O) groups excluding carboxylic acids is 1. The number of H-pyrrole nitrogens is 1. The lowest BCUT2D eigenvalue weighted by Gasteiger charge is -2.18. The summed E-state index contributed by atoms with van der Waals surface area (Å²) in [4.78, 5) is 25.6. The topological polar surface area (TPSA) is 179 Å². The van der Waals surface area contributed by atoms with Gasteiger partial charge in [0.2, 0.25) is 11.9 Å². The Bertz CT molecular complexity index is 1340. The average molecular weight is 491 g/mol. The van der Waals surface area contributed by atoms with Gasteiger partial charge in [-0.25, -0.2) is 14.8 Å². The van der Waals surface area contributed by atoms with Crippen molar-refractivity contribution < 1.29 is 14.6 Å². The molecule has 0 bridgehead atoms. The van der Waals surface area contributed by atoms with Crippen LogP contribution in [0.2, 0.25) is 0 Å². The number of nitrogens with zero attached hydrogens (tertiary/aromatic N) is 5. The van der Waals surface area contributed by atoms with Crippen LogP contribution in [0, 0.1) is 0 Å². The first kappa shape index (κ1) is 24.4. The monoisotopic (exact) mass is 490 g/mol. The number of aliphatic hydroxyl groups is 1. The minimum absolute atomic E-state index is 0.272. The molecule has 0 aliphatic rings. The number of hydrogen-bond acceptors (Lipinski definition) is 10. The number of anilines is 5. The highest BCUT2D eigenvalue weighted by molar-refractivity contribution is 5.90. The number of aromatic nitrogens is 5. The molecule has 0 aliphatic carbocycles. The molecular formula is C23H26N10O3. The first-order valence-corrected chi connectivity index (χ1v) is 10.8. The van der Waals surface area contributed by atoms with Gasteiger partial charge in [-0.15, -0.1) is 0 Å². The molecule has 2 aromatic carbocycles. The number of amides is 2. The van der Waals surface area contributed by atoms with Crippen molar-refractivity contribution >= 4 is 35.1 Å². The van der Waals surface area contributed by atoms with Gasteiger partial charge in [-0.1, -0.05) is 24.3 Å². The fourth-order valence-corrected chi connectivity index (χ4v) is 3.34. The molecule has 0 aliphatic heterocycles. The zero-order valence-electron chi connectivity index (χ0n) is 19.9. The van der Waals surface area contributed by atoms with Gasteiger partial charge in [-0.05, 0) is 43.4 Å². The Morgan fingerprint density at radius 3 is 2.47 bits per heavy atom. The van der Waals surface area contributed by atoms with E-state index in [1.54, 1.807) is 23.1 Å². The molecule has 4 rings (SSSR count). The van der Waals surface area contributed by atoms with E-state index < -0.39 is 12.3 Å². The second-order valence-electron chi connectivity index (χ2n) is 7.91. The Kier molecular flexibility index (Phi) is 7.23. The van der Waals surface area contributed by atoms with Gasteiger partial charge in [0.15, 0.2) is 5.82 Å². The molecule has 7 N–H and O–H groups in total. The molecule has 2 aromatic heterocycles. The van der Waals surface area contributed by atoms with Crippen LogP contribution in [0.15, 0.2) is 54.9 Å². The van der Waals surface area contributed by atoms with Crippen LogP contribution in [0.1, 0.15) is 11.8 Å². The average Bonchev–Trinajstić information content (AvgIpc) is 3.32. The first-order chi connectivity index (χ1) is 17.3. The van der Waals surface area contributed by atoms with E-state index in [4.69, 9.17) is 10.5 Å². The summed E-state index contributed by atoms with van der Waals surface area (Å²) in [6.45, 7) is 0. The number of hydrogen-bond donors (Lipinski definition) is 6. The number of carbonyl (C=O) groups is 1. The Morgan fingerprint density at radius 1 is 1.08 bits per heavy atom. The van der Waals surface area contributed by atoms with Gasteiger partial charge < -0.3 is 31.5 Å². The highest BCUT2D eigenvalue weighted by Gasteiger charge is 2.12. The third-order valence-electron chi connectivity index (χ3n) is 5.11. The van der Waals surface area contributed by atoms with Gasteiger partial charge in [-0.2, -0.15) is 10.1 Å². The Hall–Kier alpha value is -4.75. The van der Waals surface area contributed by atoms with E-state index in [0.29, 0.717) is 22.9 Å². The zero-order valence-corrected chi connectivity index (χ0v) is 19.9. The predicted octanol–water partition coefficient (Wildman–Crippen LogP) is 2.80. The van der Waals surface area contributed by atoms with Crippen LogP contribution in [0.5, 0.6) is 5.75 Å². The normalized spacial score (nSPS) is 11.7. The van der Waals surface area contributed by atoms with Crippen LogP contribution < -0.4 is 26.4 Å². The van der Waals surface area contributed by atoms with Gasteiger partial charge in [0.1, 0.15) is 18.3 Å². The van der Waals surface area contributed by atoms with E-state index >= 15 is 0 Å². The summed E-state index contributed by atoms with van der Waals surface area (Å²) in [6, 6.07) is 13.7. The van der Waals surface area contributed by atoms with E-state index in [9.17, 15) is 9.90 Å². The second kappa shape index (κ2) is 10.7. The maximum absolute atomic E-state index is 11.3. The number of rotatable bonds is 9. The van der Waals surface area contributed by atoms with Crippen molar-refractivity contribution in [2.45, 2.75) is 6.23 Å². The predicted molar refractivity (Wildman–Crippen MR) is 135 cm³/mol. The van der Waals surface area contributed by atoms with Crippen molar-refractivity contribution in [1.82, 2.24) is 30.0 Å². The number of benzene rings is 2. The molecule has 13 nitrogen and oxygen atoms in total. The molecule has 13 heteroatoms. The molecule has 2 amide bonds. The van der Waals surface area contributed by atoms with Crippen molar-refractivity contribution in [1.29, 1.82) is 0 Å². The highest BCUT2D eigenvalue weighted by Crippen LogP contribution is 2.29. The number of nitrogens with two attached hydrogens (primary N) is 1. The van der Waals surface area contributed by atoms with E-state index in [2.05, 4.69) is 41.1 Å². The Labute approximate surface area is 206 Å². The number of nitrogens with one attached hydrogen (secondary N) is 4. The molecule has 1 unspecified atom stereocenters. The molecule has 0 spiro atoms. The lowest BCUT2D eigenvalue weighted by Crippen LogP contribution is -2.19.